The Hall–Kier alpha value is -2.41. The van der Waals surface area contributed by atoms with Crippen LogP contribution in [-0.2, 0) is 32.7 Å². The molecule has 330 valence electrons. The van der Waals surface area contributed by atoms with Gasteiger partial charge >= 0.3 is 19.8 Å². The van der Waals surface area contributed by atoms with Crippen LogP contribution in [0.15, 0.2) is 60.8 Å². The second kappa shape index (κ2) is 39.1. The summed E-state index contributed by atoms with van der Waals surface area (Å²) >= 11 is 0. The van der Waals surface area contributed by atoms with E-state index in [0.717, 1.165) is 96.3 Å². The highest BCUT2D eigenvalue weighted by molar-refractivity contribution is 7.47. The molecule has 0 spiro atoms. The van der Waals surface area contributed by atoms with Crippen molar-refractivity contribution in [3.05, 3.63) is 60.8 Å². The van der Waals surface area contributed by atoms with Gasteiger partial charge in [-0.15, -0.1) is 0 Å². The second-order valence-electron chi connectivity index (χ2n) is 14.3. The van der Waals surface area contributed by atoms with Crippen LogP contribution in [0.3, 0.4) is 0 Å². The summed E-state index contributed by atoms with van der Waals surface area (Å²) in [5, 5.41) is 38.8. The van der Waals surface area contributed by atoms with E-state index in [1.54, 1.807) is 0 Å². The molecule has 0 aliphatic heterocycles. The number of phosphoric acid groups is 1. The SMILES string of the molecule is CC/C=C\C/C=C\C/C=C\C/C=C\CCCCCCC(=O)OC[C@H](COP(=O)(O)OC[C@@H](O)CO)OC(=O)CCCCCCC[C@H](O)[C@@H](O)C/C=C\CCCCC. The van der Waals surface area contributed by atoms with Gasteiger partial charge < -0.3 is 34.8 Å². The molecule has 5 N–H and O–H groups in total. The number of allylic oxidation sites excluding steroid dienone is 9. The molecule has 1 unspecified atom stereocenters. The maximum Gasteiger partial charge on any atom is 0.472 e. The number of unbranched alkanes of at least 4 members (excludes halogenated alkanes) is 11. The van der Waals surface area contributed by atoms with Crippen LogP contribution in [0.4, 0.5) is 0 Å². The molecule has 13 heteroatoms. The van der Waals surface area contributed by atoms with Crippen LogP contribution in [0.5, 0.6) is 0 Å². The number of esters is 2. The molecule has 12 nitrogen and oxygen atoms in total. The zero-order valence-electron chi connectivity index (χ0n) is 35.0. The first-order valence-electron chi connectivity index (χ1n) is 21.4. The van der Waals surface area contributed by atoms with Crippen LogP contribution >= 0.6 is 7.82 Å². The molecule has 0 bridgehead atoms. The Morgan fingerprint density at radius 1 is 0.596 bits per heavy atom. The number of aliphatic hydroxyl groups is 4. The molecule has 5 atom stereocenters. The minimum atomic E-state index is -4.67. The molecule has 0 radical (unpaired) electrons. The second-order valence-corrected chi connectivity index (χ2v) is 15.7. The molecule has 0 fully saturated rings. The summed E-state index contributed by atoms with van der Waals surface area (Å²) in [6.07, 6.45) is 34.9. The van der Waals surface area contributed by atoms with Crippen molar-refractivity contribution in [3.8, 4) is 0 Å². The van der Waals surface area contributed by atoms with Gasteiger partial charge in [0.1, 0.15) is 12.7 Å². The Kier molecular flexibility index (Phi) is 37.4. The van der Waals surface area contributed by atoms with Crippen LogP contribution in [0.2, 0.25) is 0 Å². The van der Waals surface area contributed by atoms with E-state index in [-0.39, 0.29) is 19.4 Å². The third kappa shape index (κ3) is 37.6. The summed E-state index contributed by atoms with van der Waals surface area (Å²) in [7, 11) is -4.67. The molecular formula is C44H77O12P. The molecule has 0 aliphatic carbocycles. The van der Waals surface area contributed by atoms with Gasteiger partial charge in [0.15, 0.2) is 6.10 Å². The van der Waals surface area contributed by atoms with Crippen molar-refractivity contribution in [1.29, 1.82) is 0 Å². The van der Waals surface area contributed by atoms with E-state index in [1.807, 2.05) is 6.08 Å². The van der Waals surface area contributed by atoms with Crippen LogP contribution < -0.4 is 0 Å². The molecule has 0 aromatic heterocycles. The van der Waals surface area contributed by atoms with Gasteiger partial charge in [0, 0.05) is 12.8 Å². The Bertz CT molecular complexity index is 1170. The monoisotopic (exact) mass is 829 g/mol. The predicted octanol–water partition coefficient (Wildman–Crippen LogP) is 9.05. The molecule has 0 aliphatic rings. The lowest BCUT2D eigenvalue weighted by Crippen LogP contribution is -2.29. The smallest absolute Gasteiger partial charge is 0.462 e. The van der Waals surface area contributed by atoms with E-state index in [9.17, 15) is 34.4 Å². The average molecular weight is 829 g/mol. The standard InChI is InChI=1S/C44H77O12P/c1-3-5-7-9-11-12-13-14-15-16-17-18-19-20-21-25-29-33-43(49)53-37-40(38-55-57(51,52)54-36-39(46)35-45)56-44(50)34-30-26-22-24-28-32-42(48)41(47)31-27-23-10-8-6-4-2/h5,7,11-12,14-15,17-18,23,27,39-42,45-48H,3-4,6,8-10,13,16,19-22,24-26,28-38H2,1-2H3,(H,51,52)/b7-5-,12-11-,15-14-,18-17-,27-23-/t39-,40+,41-,42-/m0/s1. The normalized spacial score (nSPS) is 15.6. The highest BCUT2D eigenvalue weighted by Crippen LogP contribution is 2.43. The number of ether oxygens (including phenoxy) is 2. The zero-order chi connectivity index (χ0) is 42.2. The third-order valence-electron chi connectivity index (χ3n) is 8.86. The van der Waals surface area contributed by atoms with E-state index >= 15 is 0 Å². The van der Waals surface area contributed by atoms with Crippen molar-refractivity contribution in [2.45, 2.75) is 180 Å². The van der Waals surface area contributed by atoms with Crippen molar-refractivity contribution in [2.75, 3.05) is 26.4 Å². The molecule has 0 heterocycles. The van der Waals surface area contributed by atoms with E-state index in [4.69, 9.17) is 19.1 Å². The van der Waals surface area contributed by atoms with Gasteiger partial charge in [0.2, 0.25) is 0 Å². The van der Waals surface area contributed by atoms with Gasteiger partial charge in [-0.25, -0.2) is 4.57 Å². The lowest BCUT2D eigenvalue weighted by atomic mass is 10.0. The fourth-order valence-corrected chi connectivity index (χ4v) is 6.21. The molecule has 57 heavy (non-hydrogen) atoms. The van der Waals surface area contributed by atoms with Crippen molar-refractivity contribution < 1.29 is 58.0 Å². The van der Waals surface area contributed by atoms with Gasteiger partial charge in [-0.1, -0.05) is 126 Å². The van der Waals surface area contributed by atoms with Crippen LogP contribution in [0.25, 0.3) is 0 Å². The third-order valence-corrected chi connectivity index (χ3v) is 9.81. The van der Waals surface area contributed by atoms with Crippen LogP contribution in [0.1, 0.15) is 155 Å². The van der Waals surface area contributed by atoms with Crippen LogP contribution in [-0.4, -0.2) is 88.1 Å². The molecule has 0 amide bonds. The number of hydrogen-bond acceptors (Lipinski definition) is 11. The lowest BCUT2D eigenvalue weighted by Gasteiger charge is -2.20. The first kappa shape index (κ1) is 54.6. The number of rotatable bonds is 39. The maximum absolute atomic E-state index is 12.6. The minimum absolute atomic E-state index is 0.0767. The molecule has 0 aromatic carbocycles. The number of carbonyl (C=O) groups excluding carboxylic acids is 2. The largest absolute Gasteiger partial charge is 0.472 e. The van der Waals surface area contributed by atoms with Gasteiger partial charge in [-0.05, 0) is 77.0 Å². The molecule has 0 saturated carbocycles. The van der Waals surface area contributed by atoms with Crippen molar-refractivity contribution in [1.82, 2.24) is 0 Å². The predicted molar refractivity (Wildman–Crippen MR) is 226 cm³/mol. The fraction of sp³-hybridized carbons (Fsp3) is 0.727. The molecular weight excluding hydrogens is 751 g/mol. The quantitative estimate of drug-likeness (QED) is 0.0171. The summed E-state index contributed by atoms with van der Waals surface area (Å²) < 4.78 is 32.6. The molecule has 0 saturated heterocycles. The first-order valence-corrected chi connectivity index (χ1v) is 22.9. The van der Waals surface area contributed by atoms with Gasteiger partial charge in [-0.2, -0.15) is 0 Å². The van der Waals surface area contributed by atoms with Gasteiger partial charge in [0.05, 0.1) is 32.0 Å². The average Bonchev–Trinajstić information content (AvgIpc) is 3.19. The summed E-state index contributed by atoms with van der Waals surface area (Å²) in [5.74, 6) is -1.07. The number of carbonyl (C=O) groups is 2. The van der Waals surface area contributed by atoms with E-state index < -0.39 is 64.0 Å². The zero-order valence-corrected chi connectivity index (χ0v) is 35.9. The van der Waals surface area contributed by atoms with E-state index in [0.29, 0.717) is 25.7 Å². The topological polar surface area (TPSA) is 189 Å². The number of phosphoric ester groups is 1. The van der Waals surface area contributed by atoms with Gasteiger partial charge in [0.25, 0.3) is 0 Å². The Balaban J connectivity index is 4.48. The summed E-state index contributed by atoms with van der Waals surface area (Å²) in [5.41, 5.74) is 0. The lowest BCUT2D eigenvalue weighted by molar-refractivity contribution is -0.161. The molecule has 0 rings (SSSR count). The summed E-state index contributed by atoms with van der Waals surface area (Å²) in [6, 6.07) is 0. The highest BCUT2D eigenvalue weighted by atomic mass is 31.2. The van der Waals surface area contributed by atoms with Gasteiger partial charge in [-0.3, -0.25) is 18.6 Å². The number of hydrogen-bond donors (Lipinski definition) is 5. The summed E-state index contributed by atoms with van der Waals surface area (Å²) in [4.78, 5) is 35.0. The minimum Gasteiger partial charge on any atom is -0.462 e. The maximum atomic E-state index is 12.6. The Morgan fingerprint density at radius 3 is 1.75 bits per heavy atom. The highest BCUT2D eigenvalue weighted by Gasteiger charge is 2.27. The van der Waals surface area contributed by atoms with Crippen LogP contribution in [0, 0.1) is 0 Å². The number of aliphatic hydroxyl groups excluding tert-OH is 4. The van der Waals surface area contributed by atoms with E-state index in [2.05, 4.69) is 73.1 Å². The fourth-order valence-electron chi connectivity index (χ4n) is 5.42. The first-order chi connectivity index (χ1) is 27.5. The van der Waals surface area contributed by atoms with Crippen molar-refractivity contribution in [3.63, 3.8) is 0 Å². The Labute approximate surface area is 343 Å². The molecule has 0 aromatic rings. The van der Waals surface area contributed by atoms with Crippen molar-refractivity contribution in [2.24, 2.45) is 0 Å². The Morgan fingerprint density at radius 2 is 1.12 bits per heavy atom. The summed E-state index contributed by atoms with van der Waals surface area (Å²) in [6.45, 7) is 1.98. The van der Waals surface area contributed by atoms with E-state index in [1.165, 1.54) is 6.42 Å². The van der Waals surface area contributed by atoms with Crippen molar-refractivity contribution >= 4 is 19.8 Å².